The summed E-state index contributed by atoms with van der Waals surface area (Å²) in [6, 6.07) is 15.1. The zero-order valence-electron chi connectivity index (χ0n) is 16.4. The van der Waals surface area contributed by atoms with Gasteiger partial charge in [0, 0.05) is 51.5 Å². The van der Waals surface area contributed by atoms with Gasteiger partial charge in [0.15, 0.2) is 5.96 Å². The van der Waals surface area contributed by atoms with Crippen LogP contribution in [0.25, 0.3) is 0 Å². The summed E-state index contributed by atoms with van der Waals surface area (Å²) in [5.41, 5.74) is 1.90. The Morgan fingerprint density at radius 1 is 1.11 bits per heavy atom. The summed E-state index contributed by atoms with van der Waals surface area (Å²) in [7, 11) is 3.48. The van der Waals surface area contributed by atoms with E-state index in [1.165, 1.54) is 11.8 Å². The Balaban J connectivity index is 0.00000280. The van der Waals surface area contributed by atoms with Gasteiger partial charge < -0.3 is 19.9 Å². The summed E-state index contributed by atoms with van der Waals surface area (Å²) in [4.78, 5) is 8.99. The quantitative estimate of drug-likeness (QED) is 0.390. The Morgan fingerprint density at radius 2 is 1.86 bits per heavy atom. The highest BCUT2D eigenvalue weighted by Crippen LogP contribution is 2.22. The van der Waals surface area contributed by atoms with Crippen LogP contribution in [0.4, 0.5) is 10.1 Å². The van der Waals surface area contributed by atoms with Gasteiger partial charge in [-0.2, -0.15) is 0 Å². The van der Waals surface area contributed by atoms with Crippen molar-refractivity contribution in [2.24, 2.45) is 4.99 Å². The maximum atomic E-state index is 13.7. The third kappa shape index (κ3) is 5.73. The molecule has 0 amide bonds. The first-order chi connectivity index (χ1) is 13.2. The maximum Gasteiger partial charge on any atom is 0.193 e. The van der Waals surface area contributed by atoms with E-state index in [4.69, 9.17) is 4.74 Å². The molecule has 0 aliphatic carbocycles. The van der Waals surface area contributed by atoms with Crippen LogP contribution >= 0.6 is 24.0 Å². The fourth-order valence-corrected chi connectivity index (χ4v) is 3.33. The molecule has 0 bridgehead atoms. The van der Waals surface area contributed by atoms with Crippen LogP contribution < -0.4 is 15.0 Å². The molecule has 2 aromatic carbocycles. The molecular weight excluding hydrogens is 470 g/mol. The maximum absolute atomic E-state index is 13.7. The van der Waals surface area contributed by atoms with Crippen LogP contribution in [0.1, 0.15) is 5.56 Å². The molecule has 0 atom stereocenters. The molecule has 1 heterocycles. The molecule has 1 aliphatic rings. The highest BCUT2D eigenvalue weighted by Gasteiger charge is 2.20. The van der Waals surface area contributed by atoms with Crippen molar-refractivity contribution in [2.75, 3.05) is 51.8 Å². The van der Waals surface area contributed by atoms with Crippen molar-refractivity contribution in [1.82, 2.24) is 10.2 Å². The van der Waals surface area contributed by atoms with Gasteiger partial charge >= 0.3 is 0 Å². The highest BCUT2D eigenvalue weighted by atomic mass is 127. The number of hydrogen-bond donors (Lipinski definition) is 1. The lowest BCUT2D eigenvalue weighted by molar-refractivity contribution is 0.372. The number of aliphatic imine (C=N–C) groups is 1. The second kappa shape index (κ2) is 11.1. The number of anilines is 1. The SMILES string of the molecule is CN=C(NCCc1ccccc1F)N1CCN(c2cccc(OC)c2)CC1.I. The number of nitrogens with zero attached hydrogens (tertiary/aromatic N) is 3. The van der Waals surface area contributed by atoms with Gasteiger partial charge in [-0.15, -0.1) is 24.0 Å². The van der Waals surface area contributed by atoms with Crippen LogP contribution in [0, 0.1) is 5.82 Å². The van der Waals surface area contributed by atoms with Gasteiger partial charge in [-0.1, -0.05) is 24.3 Å². The molecule has 152 valence electrons. The van der Waals surface area contributed by atoms with Gasteiger partial charge in [0.1, 0.15) is 11.6 Å². The first-order valence-electron chi connectivity index (χ1n) is 9.29. The average Bonchev–Trinajstić information content (AvgIpc) is 2.73. The number of benzene rings is 2. The molecule has 1 aliphatic heterocycles. The van der Waals surface area contributed by atoms with Crippen molar-refractivity contribution in [3.63, 3.8) is 0 Å². The van der Waals surface area contributed by atoms with Crippen molar-refractivity contribution in [2.45, 2.75) is 6.42 Å². The van der Waals surface area contributed by atoms with Crippen molar-refractivity contribution >= 4 is 35.6 Å². The van der Waals surface area contributed by atoms with Crippen LogP contribution in [-0.2, 0) is 6.42 Å². The van der Waals surface area contributed by atoms with E-state index in [0.29, 0.717) is 13.0 Å². The Hall–Kier alpha value is -2.03. The van der Waals surface area contributed by atoms with Crippen molar-refractivity contribution in [1.29, 1.82) is 0 Å². The number of hydrogen-bond acceptors (Lipinski definition) is 3. The van der Waals surface area contributed by atoms with Crippen LogP contribution in [0.15, 0.2) is 53.5 Å². The largest absolute Gasteiger partial charge is 0.497 e. The molecule has 7 heteroatoms. The van der Waals surface area contributed by atoms with Gasteiger partial charge in [-0.25, -0.2) is 4.39 Å². The summed E-state index contributed by atoms with van der Waals surface area (Å²) < 4.78 is 19.0. The van der Waals surface area contributed by atoms with Crippen molar-refractivity contribution in [3.8, 4) is 5.75 Å². The summed E-state index contributed by atoms with van der Waals surface area (Å²) in [6.07, 6.45) is 0.634. The molecule has 0 aromatic heterocycles. The molecule has 1 N–H and O–H groups in total. The minimum absolute atomic E-state index is 0. The van der Waals surface area contributed by atoms with Crippen LogP contribution in [0.2, 0.25) is 0 Å². The van der Waals surface area contributed by atoms with Gasteiger partial charge in [-0.3, -0.25) is 4.99 Å². The lowest BCUT2D eigenvalue weighted by Gasteiger charge is -2.37. The zero-order valence-corrected chi connectivity index (χ0v) is 18.7. The first kappa shape index (κ1) is 22.3. The van der Waals surface area contributed by atoms with Crippen molar-refractivity contribution < 1.29 is 9.13 Å². The predicted molar refractivity (Wildman–Crippen MR) is 124 cm³/mol. The second-order valence-electron chi connectivity index (χ2n) is 6.49. The van der Waals surface area contributed by atoms with Crippen LogP contribution in [-0.4, -0.2) is 57.7 Å². The van der Waals surface area contributed by atoms with Gasteiger partial charge in [-0.05, 0) is 30.2 Å². The number of halogens is 2. The summed E-state index contributed by atoms with van der Waals surface area (Å²) in [5, 5.41) is 3.36. The van der Waals surface area contributed by atoms with E-state index in [1.807, 2.05) is 24.3 Å². The van der Waals surface area contributed by atoms with Crippen molar-refractivity contribution in [3.05, 3.63) is 59.9 Å². The second-order valence-corrected chi connectivity index (χ2v) is 6.49. The molecule has 0 spiro atoms. The predicted octanol–water partition coefficient (Wildman–Crippen LogP) is 3.39. The Labute approximate surface area is 183 Å². The number of piperazine rings is 1. The Bertz CT molecular complexity index is 779. The molecule has 0 unspecified atom stereocenters. The highest BCUT2D eigenvalue weighted by molar-refractivity contribution is 14.0. The lowest BCUT2D eigenvalue weighted by atomic mass is 10.1. The van der Waals surface area contributed by atoms with Gasteiger partial charge in [0.05, 0.1) is 7.11 Å². The molecule has 2 aromatic rings. The summed E-state index contributed by atoms with van der Waals surface area (Å²) in [5.74, 6) is 1.60. The molecule has 0 saturated carbocycles. The molecule has 28 heavy (non-hydrogen) atoms. The van der Waals surface area contributed by atoms with Crippen LogP contribution in [0.3, 0.4) is 0 Å². The fourth-order valence-electron chi connectivity index (χ4n) is 3.33. The third-order valence-corrected chi connectivity index (χ3v) is 4.84. The monoisotopic (exact) mass is 498 g/mol. The molecule has 1 saturated heterocycles. The Kier molecular flexibility index (Phi) is 8.82. The number of rotatable bonds is 5. The van der Waals surface area contributed by atoms with E-state index >= 15 is 0 Å². The van der Waals surface area contributed by atoms with E-state index in [0.717, 1.165) is 43.5 Å². The number of methoxy groups -OCH3 is 1. The molecule has 1 fully saturated rings. The summed E-state index contributed by atoms with van der Waals surface area (Å²) in [6.45, 7) is 4.26. The number of guanidine groups is 1. The van der Waals surface area contributed by atoms with Gasteiger partial charge in [0.25, 0.3) is 0 Å². The third-order valence-electron chi connectivity index (χ3n) is 4.84. The minimum atomic E-state index is -0.152. The molecule has 3 rings (SSSR count). The standard InChI is InChI=1S/C21H27FN4O.HI/c1-23-21(24-11-10-17-6-3-4-9-20(17)22)26-14-12-25(13-15-26)18-7-5-8-19(16-18)27-2;/h3-9,16H,10-15H2,1-2H3,(H,23,24);1H. The van der Waals surface area contributed by atoms with Gasteiger partial charge in [0.2, 0.25) is 0 Å². The normalized spacial score (nSPS) is 14.5. The molecular formula is C21H28FIN4O. The summed E-state index contributed by atoms with van der Waals surface area (Å²) >= 11 is 0. The number of nitrogens with one attached hydrogen (secondary N) is 1. The lowest BCUT2D eigenvalue weighted by Crippen LogP contribution is -2.52. The first-order valence-corrected chi connectivity index (χ1v) is 9.29. The average molecular weight is 498 g/mol. The van der Waals surface area contributed by atoms with E-state index in [-0.39, 0.29) is 29.8 Å². The van der Waals surface area contributed by atoms with E-state index in [1.54, 1.807) is 20.2 Å². The molecule has 5 nitrogen and oxygen atoms in total. The molecule has 0 radical (unpaired) electrons. The van der Waals surface area contributed by atoms with Crippen LogP contribution in [0.5, 0.6) is 5.75 Å². The number of ether oxygens (including phenoxy) is 1. The fraction of sp³-hybridized carbons (Fsp3) is 0.381. The smallest absolute Gasteiger partial charge is 0.193 e. The van der Waals surface area contributed by atoms with E-state index in [2.05, 4.69) is 32.2 Å². The van der Waals surface area contributed by atoms with E-state index < -0.39 is 0 Å². The Morgan fingerprint density at radius 3 is 2.54 bits per heavy atom. The zero-order chi connectivity index (χ0) is 19.1. The topological polar surface area (TPSA) is 40.1 Å². The minimum Gasteiger partial charge on any atom is -0.497 e. The van der Waals surface area contributed by atoms with E-state index in [9.17, 15) is 4.39 Å².